The second-order valence-corrected chi connectivity index (χ2v) is 4.11. The average molecular weight is 286 g/mol. The van der Waals surface area contributed by atoms with Crippen molar-refractivity contribution in [3.63, 3.8) is 0 Å². The Labute approximate surface area is 108 Å². The number of hydrogen-bond acceptors (Lipinski definition) is 1. The predicted molar refractivity (Wildman–Crippen MR) is 65.3 cm³/mol. The minimum Gasteiger partial charge on any atom is -0.276 e. The van der Waals surface area contributed by atoms with Crippen LogP contribution in [0.2, 0.25) is 0 Å². The zero-order valence-electron chi connectivity index (χ0n) is 7.70. The van der Waals surface area contributed by atoms with Crippen LogP contribution in [0.1, 0.15) is 27.0 Å². The van der Waals surface area contributed by atoms with E-state index >= 15 is 0 Å². The number of halogens is 4. The van der Waals surface area contributed by atoms with Crippen LogP contribution >= 0.6 is 46.4 Å². The fourth-order valence-electron chi connectivity index (χ4n) is 1.38. The van der Waals surface area contributed by atoms with Crippen molar-refractivity contribution < 1.29 is 4.79 Å². The lowest BCUT2D eigenvalue weighted by molar-refractivity contribution is 0.108. The van der Waals surface area contributed by atoms with E-state index in [0.29, 0.717) is 22.6 Å². The van der Waals surface area contributed by atoms with Crippen molar-refractivity contribution in [2.24, 2.45) is 0 Å². The molecular weight excluding hydrogens is 278 g/mol. The maximum atomic E-state index is 11.2. The summed E-state index contributed by atoms with van der Waals surface area (Å²) >= 11 is 22.7. The Bertz CT molecular complexity index is 351. The van der Waals surface area contributed by atoms with Crippen LogP contribution in [-0.2, 0) is 17.6 Å². The summed E-state index contributed by atoms with van der Waals surface area (Å²) in [6, 6.07) is 3.54. The molecule has 5 heteroatoms. The first-order chi connectivity index (χ1) is 7.13. The molecule has 1 aromatic rings. The Balaban J connectivity index is 3.39. The summed E-state index contributed by atoms with van der Waals surface area (Å²) in [6.07, 6.45) is 0. The highest BCUT2D eigenvalue weighted by molar-refractivity contribution is 6.68. The van der Waals surface area contributed by atoms with Gasteiger partial charge in [0.05, 0.1) is 0 Å². The van der Waals surface area contributed by atoms with Crippen molar-refractivity contribution in [1.29, 1.82) is 0 Å². The highest BCUT2D eigenvalue weighted by Gasteiger charge is 2.14. The molecule has 0 saturated heterocycles. The molecule has 0 aliphatic rings. The third kappa shape index (κ3) is 3.01. The molecular formula is C10H8Cl4O. The third-order valence-electron chi connectivity index (χ3n) is 2.00. The molecule has 0 aromatic heterocycles. The average Bonchev–Trinajstić information content (AvgIpc) is 2.26. The lowest BCUT2D eigenvalue weighted by atomic mass is 10.0. The lowest BCUT2D eigenvalue weighted by Gasteiger charge is -2.10. The van der Waals surface area contributed by atoms with Crippen molar-refractivity contribution in [2.45, 2.75) is 17.6 Å². The van der Waals surface area contributed by atoms with E-state index in [0.717, 1.165) is 5.56 Å². The van der Waals surface area contributed by atoms with Crippen molar-refractivity contribution in [3.8, 4) is 0 Å². The van der Waals surface area contributed by atoms with Crippen LogP contribution in [0, 0.1) is 0 Å². The fraction of sp³-hybridized carbons (Fsp3) is 0.300. The lowest BCUT2D eigenvalue weighted by Crippen LogP contribution is -2.02. The summed E-state index contributed by atoms with van der Waals surface area (Å²) in [5.74, 6) is 0.773. The molecule has 0 amide bonds. The summed E-state index contributed by atoms with van der Waals surface area (Å²) < 4.78 is 0. The molecule has 1 rings (SSSR count). The van der Waals surface area contributed by atoms with Crippen LogP contribution in [0.4, 0.5) is 0 Å². The molecule has 0 atom stereocenters. The molecule has 0 heterocycles. The molecule has 0 bridgehead atoms. The molecule has 0 spiro atoms. The minimum atomic E-state index is -0.539. The van der Waals surface area contributed by atoms with E-state index in [1.54, 1.807) is 12.1 Å². The first kappa shape index (κ1) is 13.1. The van der Waals surface area contributed by atoms with Gasteiger partial charge in [-0.2, -0.15) is 0 Å². The standard InChI is InChI=1S/C10H8Cl4O/c11-3-6-1-7(4-12)9(10(14)15)8(2-6)5-13/h1-2H,3-5H2. The second kappa shape index (κ2) is 5.95. The molecule has 1 nitrogen and oxygen atoms in total. The van der Waals surface area contributed by atoms with E-state index in [4.69, 9.17) is 46.4 Å². The van der Waals surface area contributed by atoms with Gasteiger partial charge in [-0.05, 0) is 28.3 Å². The van der Waals surface area contributed by atoms with E-state index in [1.807, 2.05) is 0 Å². The van der Waals surface area contributed by atoms with Crippen LogP contribution < -0.4 is 0 Å². The quantitative estimate of drug-likeness (QED) is 0.596. The van der Waals surface area contributed by atoms with Gasteiger partial charge in [0, 0.05) is 23.2 Å². The van der Waals surface area contributed by atoms with Gasteiger partial charge in [-0.15, -0.1) is 34.8 Å². The van der Waals surface area contributed by atoms with Crippen molar-refractivity contribution >= 4 is 51.6 Å². The fourth-order valence-corrected chi connectivity index (χ4v) is 2.20. The second-order valence-electron chi connectivity index (χ2n) is 2.96. The Kier molecular flexibility index (Phi) is 5.20. The molecule has 1 aromatic carbocycles. The molecule has 82 valence electrons. The smallest absolute Gasteiger partial charge is 0.253 e. The predicted octanol–water partition coefficient (Wildman–Crippen LogP) is 4.28. The van der Waals surface area contributed by atoms with Gasteiger partial charge in [0.2, 0.25) is 0 Å². The number of hydrogen-bond donors (Lipinski definition) is 0. The molecule has 0 N–H and O–H groups in total. The molecule has 0 radical (unpaired) electrons. The van der Waals surface area contributed by atoms with Crippen LogP contribution in [0.3, 0.4) is 0 Å². The molecule has 15 heavy (non-hydrogen) atoms. The normalized spacial score (nSPS) is 10.4. The Morgan fingerprint density at radius 2 is 1.47 bits per heavy atom. The van der Waals surface area contributed by atoms with E-state index in [1.165, 1.54) is 0 Å². The van der Waals surface area contributed by atoms with Gasteiger partial charge in [0.1, 0.15) is 0 Å². The molecule has 0 fully saturated rings. The van der Waals surface area contributed by atoms with Gasteiger partial charge in [0.15, 0.2) is 0 Å². The summed E-state index contributed by atoms with van der Waals surface area (Å²) in [5.41, 5.74) is 2.62. The molecule has 0 unspecified atom stereocenters. The minimum absolute atomic E-state index is 0.211. The van der Waals surface area contributed by atoms with E-state index in [9.17, 15) is 4.79 Å². The molecule has 0 aliphatic carbocycles. The Morgan fingerprint density at radius 1 is 1.00 bits per heavy atom. The Morgan fingerprint density at radius 3 is 1.73 bits per heavy atom. The van der Waals surface area contributed by atoms with Gasteiger partial charge in [-0.3, -0.25) is 4.79 Å². The number of alkyl halides is 3. The maximum absolute atomic E-state index is 11.2. The molecule has 0 aliphatic heterocycles. The first-order valence-corrected chi connectivity index (χ1v) is 6.14. The van der Waals surface area contributed by atoms with Gasteiger partial charge in [-0.25, -0.2) is 0 Å². The van der Waals surface area contributed by atoms with Crippen molar-refractivity contribution in [2.75, 3.05) is 0 Å². The topological polar surface area (TPSA) is 17.1 Å². The van der Waals surface area contributed by atoms with Crippen LogP contribution in [0.15, 0.2) is 12.1 Å². The van der Waals surface area contributed by atoms with E-state index in [-0.39, 0.29) is 11.8 Å². The summed E-state index contributed by atoms with van der Waals surface area (Å²) in [4.78, 5) is 11.2. The SMILES string of the molecule is O=C(Cl)c1c(CCl)cc(CCl)cc1CCl. The highest BCUT2D eigenvalue weighted by Crippen LogP contribution is 2.24. The summed E-state index contributed by atoms with van der Waals surface area (Å²) in [7, 11) is 0. The zero-order chi connectivity index (χ0) is 11.4. The van der Waals surface area contributed by atoms with Gasteiger partial charge < -0.3 is 0 Å². The van der Waals surface area contributed by atoms with Gasteiger partial charge in [-0.1, -0.05) is 12.1 Å². The number of benzene rings is 1. The first-order valence-electron chi connectivity index (χ1n) is 4.16. The van der Waals surface area contributed by atoms with Crippen LogP contribution in [0.25, 0.3) is 0 Å². The van der Waals surface area contributed by atoms with Crippen molar-refractivity contribution in [1.82, 2.24) is 0 Å². The van der Waals surface area contributed by atoms with Gasteiger partial charge >= 0.3 is 0 Å². The Hall–Kier alpha value is 0.0500. The van der Waals surface area contributed by atoms with E-state index < -0.39 is 5.24 Å². The summed E-state index contributed by atoms with van der Waals surface area (Å²) in [6.45, 7) is 0. The van der Waals surface area contributed by atoms with Gasteiger partial charge in [0.25, 0.3) is 5.24 Å². The summed E-state index contributed by atoms with van der Waals surface area (Å²) in [5, 5.41) is -0.539. The maximum Gasteiger partial charge on any atom is 0.253 e. The molecule has 0 saturated carbocycles. The largest absolute Gasteiger partial charge is 0.276 e. The number of carbonyl (C=O) groups is 1. The van der Waals surface area contributed by atoms with Crippen LogP contribution in [-0.4, -0.2) is 5.24 Å². The monoisotopic (exact) mass is 284 g/mol. The number of rotatable bonds is 4. The zero-order valence-corrected chi connectivity index (χ0v) is 10.7. The third-order valence-corrected chi connectivity index (χ3v) is 3.07. The van der Waals surface area contributed by atoms with Crippen LogP contribution in [0.5, 0.6) is 0 Å². The highest BCUT2D eigenvalue weighted by atomic mass is 35.5. The van der Waals surface area contributed by atoms with E-state index in [2.05, 4.69) is 0 Å². The van der Waals surface area contributed by atoms with Crippen molar-refractivity contribution in [3.05, 3.63) is 34.4 Å². The number of carbonyl (C=O) groups excluding carboxylic acids is 1.